The van der Waals surface area contributed by atoms with E-state index in [9.17, 15) is 0 Å². The van der Waals surface area contributed by atoms with Gasteiger partial charge >= 0.3 is 0 Å². The van der Waals surface area contributed by atoms with E-state index in [1.54, 1.807) is 0 Å². The molecule has 2 saturated heterocycles. The summed E-state index contributed by atoms with van der Waals surface area (Å²) in [6.07, 6.45) is 8.75. The Kier molecular flexibility index (Phi) is 2.32. The lowest BCUT2D eigenvalue weighted by molar-refractivity contribution is 0.230. The first-order valence-electron chi connectivity index (χ1n) is 7.59. The molecule has 20 heavy (non-hydrogen) atoms. The van der Waals surface area contributed by atoms with Gasteiger partial charge in [-0.1, -0.05) is 18.2 Å². The lowest BCUT2D eigenvalue weighted by atomic mass is 9.93. The van der Waals surface area contributed by atoms with Crippen molar-refractivity contribution in [3.05, 3.63) is 40.9 Å². The third-order valence-corrected chi connectivity index (χ3v) is 6.33. The van der Waals surface area contributed by atoms with Crippen molar-refractivity contribution in [2.45, 2.75) is 43.9 Å². The summed E-state index contributed by atoms with van der Waals surface area (Å²) in [7, 11) is 0. The van der Waals surface area contributed by atoms with Crippen LogP contribution in [0.25, 0.3) is 16.2 Å². The molecule has 3 atom stereocenters. The highest BCUT2D eigenvalue weighted by Gasteiger charge is 2.41. The van der Waals surface area contributed by atoms with E-state index in [1.807, 2.05) is 11.3 Å². The van der Waals surface area contributed by atoms with Crippen molar-refractivity contribution in [3.8, 4) is 0 Å². The number of nitrogens with one attached hydrogen (secondary N) is 1. The third-order valence-electron chi connectivity index (χ3n) is 5.16. The van der Waals surface area contributed by atoms with Crippen LogP contribution in [0.1, 0.15) is 29.7 Å². The van der Waals surface area contributed by atoms with Crippen molar-refractivity contribution >= 4 is 27.5 Å². The minimum absolute atomic E-state index is 0.711. The molecule has 2 bridgehead atoms. The average Bonchev–Trinajstić information content (AvgIpc) is 3.19. The Morgan fingerprint density at radius 3 is 3.00 bits per heavy atom. The molecule has 2 fully saturated rings. The summed E-state index contributed by atoms with van der Waals surface area (Å²) in [6.45, 7) is 1.10. The monoisotopic (exact) mass is 282 g/mol. The first-order chi connectivity index (χ1) is 9.88. The van der Waals surface area contributed by atoms with Crippen LogP contribution in [0.15, 0.2) is 30.5 Å². The molecular weight excluding hydrogens is 264 g/mol. The largest absolute Gasteiger partial charge is 0.368 e. The van der Waals surface area contributed by atoms with E-state index < -0.39 is 0 Å². The quantitative estimate of drug-likeness (QED) is 0.860. The van der Waals surface area contributed by atoms with Gasteiger partial charge in [-0.15, -0.1) is 11.3 Å². The second-order valence-electron chi connectivity index (χ2n) is 6.27. The molecule has 0 aliphatic carbocycles. The smallest absolute Gasteiger partial charge is 0.0527 e. The Labute approximate surface area is 123 Å². The molecule has 0 saturated carbocycles. The molecule has 0 amide bonds. The van der Waals surface area contributed by atoms with Gasteiger partial charge in [-0.05, 0) is 37.0 Å². The molecule has 4 heterocycles. The van der Waals surface area contributed by atoms with Crippen molar-refractivity contribution in [1.82, 2.24) is 10.2 Å². The van der Waals surface area contributed by atoms with Crippen molar-refractivity contribution in [2.24, 2.45) is 0 Å². The standard InChI is InChI=1S/C17H18N2S/c1-2-4-16-12(3-1)13-7-8-19(10-17(13)20-16)15-9-11-5-6-14(15)18-11/h1-4,7-8,11,14-15,18H,5-6,9-10H2/t11-,14+,15-/m1/s1. The van der Waals surface area contributed by atoms with Crippen LogP contribution in [0.4, 0.5) is 0 Å². The Morgan fingerprint density at radius 1 is 1.20 bits per heavy atom. The van der Waals surface area contributed by atoms with Gasteiger partial charge in [0.25, 0.3) is 0 Å². The van der Waals surface area contributed by atoms with E-state index in [0.29, 0.717) is 6.04 Å². The van der Waals surface area contributed by atoms with Crippen molar-refractivity contribution < 1.29 is 0 Å². The molecule has 0 unspecified atom stereocenters. The number of thiophene rings is 1. The number of nitrogens with zero attached hydrogens (tertiary/aromatic N) is 1. The molecular formula is C17H18N2S. The molecule has 2 nitrogen and oxygen atoms in total. The Bertz CT molecular complexity index is 702. The highest BCUT2D eigenvalue weighted by molar-refractivity contribution is 7.19. The van der Waals surface area contributed by atoms with E-state index in [1.165, 1.54) is 39.8 Å². The average molecular weight is 282 g/mol. The van der Waals surface area contributed by atoms with Gasteiger partial charge in [-0.25, -0.2) is 0 Å². The van der Waals surface area contributed by atoms with E-state index in [0.717, 1.165) is 18.6 Å². The van der Waals surface area contributed by atoms with Gasteiger partial charge in [0.2, 0.25) is 0 Å². The van der Waals surface area contributed by atoms with Gasteiger partial charge in [0.1, 0.15) is 0 Å². The number of hydrogen-bond acceptors (Lipinski definition) is 3. The summed E-state index contributed by atoms with van der Waals surface area (Å²) in [4.78, 5) is 4.12. The fourth-order valence-corrected chi connectivity index (χ4v) is 5.40. The zero-order valence-electron chi connectivity index (χ0n) is 11.4. The van der Waals surface area contributed by atoms with Crippen molar-refractivity contribution in [1.29, 1.82) is 0 Å². The summed E-state index contributed by atoms with van der Waals surface area (Å²) in [5, 5.41) is 5.18. The molecule has 3 aliphatic heterocycles. The predicted molar refractivity (Wildman–Crippen MR) is 84.8 cm³/mol. The number of benzene rings is 1. The molecule has 1 aromatic carbocycles. The van der Waals surface area contributed by atoms with Crippen LogP contribution in [-0.2, 0) is 6.54 Å². The number of fused-ring (bicyclic) bond motifs is 5. The van der Waals surface area contributed by atoms with Crippen LogP contribution in [-0.4, -0.2) is 23.0 Å². The van der Waals surface area contributed by atoms with Crippen molar-refractivity contribution in [3.63, 3.8) is 0 Å². The maximum atomic E-state index is 3.75. The fourth-order valence-electron chi connectivity index (χ4n) is 4.19. The van der Waals surface area contributed by atoms with Crippen LogP contribution in [0, 0.1) is 0 Å². The van der Waals surface area contributed by atoms with E-state index in [-0.39, 0.29) is 0 Å². The topological polar surface area (TPSA) is 15.3 Å². The number of hydrogen-bond donors (Lipinski definition) is 1. The summed E-state index contributed by atoms with van der Waals surface area (Å²) < 4.78 is 1.43. The van der Waals surface area contributed by atoms with Gasteiger partial charge < -0.3 is 10.2 Å². The Balaban J connectivity index is 1.50. The second kappa shape index (κ2) is 4.09. The van der Waals surface area contributed by atoms with Crippen LogP contribution >= 0.6 is 11.3 Å². The number of rotatable bonds is 1. The molecule has 3 heteroatoms. The first-order valence-corrected chi connectivity index (χ1v) is 8.40. The van der Waals surface area contributed by atoms with Crippen LogP contribution in [0.2, 0.25) is 0 Å². The lowest BCUT2D eigenvalue weighted by Crippen LogP contribution is -2.40. The van der Waals surface area contributed by atoms with E-state index >= 15 is 0 Å². The summed E-state index contributed by atoms with van der Waals surface area (Å²) >= 11 is 1.97. The zero-order valence-corrected chi connectivity index (χ0v) is 12.2. The first kappa shape index (κ1) is 11.4. The highest BCUT2D eigenvalue weighted by Crippen LogP contribution is 2.39. The third kappa shape index (κ3) is 1.54. The van der Waals surface area contributed by atoms with Gasteiger partial charge in [0.15, 0.2) is 0 Å². The second-order valence-corrected chi connectivity index (χ2v) is 7.41. The summed E-state index contributed by atoms with van der Waals surface area (Å²) in [6, 6.07) is 11.0. The Morgan fingerprint density at radius 2 is 2.15 bits per heavy atom. The molecule has 0 radical (unpaired) electrons. The normalized spacial score (nSPS) is 31.2. The summed E-state index contributed by atoms with van der Waals surface area (Å²) in [5.41, 5.74) is 1.46. The van der Waals surface area contributed by atoms with Gasteiger partial charge in [0, 0.05) is 39.3 Å². The SMILES string of the molecule is C1=CN([C@@H]2C[C@H]3CC[C@@H]2N3)Cc2sc3ccccc3c21. The molecule has 5 rings (SSSR count). The van der Waals surface area contributed by atoms with Crippen LogP contribution in [0.5, 0.6) is 0 Å². The molecule has 2 aromatic rings. The minimum atomic E-state index is 0.711. The van der Waals surface area contributed by atoms with Crippen LogP contribution < -0.4 is 5.32 Å². The fraction of sp³-hybridized carbons (Fsp3) is 0.412. The maximum Gasteiger partial charge on any atom is 0.0527 e. The van der Waals surface area contributed by atoms with Crippen molar-refractivity contribution in [2.75, 3.05) is 0 Å². The van der Waals surface area contributed by atoms with Gasteiger partial charge in [0.05, 0.1) is 6.54 Å². The minimum Gasteiger partial charge on any atom is -0.368 e. The lowest BCUT2D eigenvalue weighted by Gasteiger charge is -2.34. The van der Waals surface area contributed by atoms with E-state index in [2.05, 4.69) is 46.8 Å². The predicted octanol–water partition coefficient (Wildman–Crippen LogP) is 3.58. The van der Waals surface area contributed by atoms with Crippen LogP contribution in [0.3, 0.4) is 0 Å². The summed E-state index contributed by atoms with van der Waals surface area (Å²) in [5.74, 6) is 0. The molecule has 1 aromatic heterocycles. The molecule has 3 aliphatic rings. The molecule has 1 N–H and O–H groups in total. The Hall–Kier alpha value is -1.32. The highest BCUT2D eigenvalue weighted by atomic mass is 32.1. The van der Waals surface area contributed by atoms with Gasteiger partial charge in [-0.2, -0.15) is 0 Å². The van der Waals surface area contributed by atoms with E-state index in [4.69, 9.17) is 0 Å². The molecule has 102 valence electrons. The molecule has 0 spiro atoms. The zero-order chi connectivity index (χ0) is 13.1. The maximum absolute atomic E-state index is 3.75. The van der Waals surface area contributed by atoms with Gasteiger partial charge in [-0.3, -0.25) is 0 Å².